The molecule has 3 rings (SSSR count). The van der Waals surface area contributed by atoms with Crippen molar-refractivity contribution >= 4 is 21.9 Å². The molecule has 0 fully saturated rings. The summed E-state index contributed by atoms with van der Waals surface area (Å²) in [5.74, 6) is 0. The van der Waals surface area contributed by atoms with Crippen molar-refractivity contribution in [3.05, 3.63) is 42.1 Å². The number of nitrogens with zero attached hydrogens (tertiary/aromatic N) is 1. The van der Waals surface area contributed by atoms with Gasteiger partial charge < -0.3 is 0 Å². The number of benzene rings is 1. The molecule has 0 aliphatic carbocycles. The molecule has 15 heavy (non-hydrogen) atoms. The highest BCUT2D eigenvalue weighted by Crippen LogP contribution is 2.22. The van der Waals surface area contributed by atoms with Crippen LogP contribution in [0.3, 0.4) is 0 Å². The topological polar surface area (TPSA) is 19.7 Å². The number of aromatic amines is 1. The third kappa shape index (κ3) is 1.08. The standard InChI is InChI=1S/C13H12N2/c1-9-7-8-11-10-5-3-4-6-12(10)14-13(11)15(9)2/h3-8H,1-2H3/p+1. The van der Waals surface area contributed by atoms with Gasteiger partial charge in [-0.25, -0.2) is 9.55 Å². The third-order valence-electron chi connectivity index (χ3n) is 3.08. The molecule has 2 heteroatoms. The Hall–Kier alpha value is -1.83. The Morgan fingerprint density at radius 1 is 1.00 bits per heavy atom. The number of aromatic nitrogens is 2. The Labute approximate surface area is 88.2 Å². The molecule has 0 aliphatic heterocycles. The largest absolute Gasteiger partial charge is 0.287 e. The summed E-state index contributed by atoms with van der Waals surface area (Å²) in [6.45, 7) is 2.12. The van der Waals surface area contributed by atoms with Gasteiger partial charge in [-0.1, -0.05) is 12.1 Å². The molecule has 74 valence electrons. The zero-order valence-electron chi connectivity index (χ0n) is 8.91. The predicted octanol–water partition coefficient (Wildman–Crippen LogP) is 2.45. The Morgan fingerprint density at radius 2 is 1.80 bits per heavy atom. The van der Waals surface area contributed by atoms with E-state index in [1.165, 1.54) is 27.6 Å². The highest BCUT2D eigenvalue weighted by Gasteiger charge is 2.12. The molecule has 3 aromatic rings. The zero-order valence-corrected chi connectivity index (χ0v) is 8.91. The normalized spacial score (nSPS) is 11.3. The van der Waals surface area contributed by atoms with E-state index in [9.17, 15) is 0 Å². The number of rotatable bonds is 0. The van der Waals surface area contributed by atoms with Gasteiger partial charge in [0.2, 0.25) is 0 Å². The molecule has 2 aromatic heterocycles. The van der Waals surface area contributed by atoms with Crippen LogP contribution in [0.1, 0.15) is 5.69 Å². The molecule has 0 bridgehead atoms. The molecule has 1 aromatic carbocycles. The summed E-state index contributed by atoms with van der Waals surface area (Å²) in [5, 5.41) is 2.59. The van der Waals surface area contributed by atoms with E-state index in [4.69, 9.17) is 0 Å². The number of fused-ring (bicyclic) bond motifs is 3. The number of pyridine rings is 1. The van der Waals surface area contributed by atoms with Crippen LogP contribution < -0.4 is 4.57 Å². The van der Waals surface area contributed by atoms with Crippen molar-refractivity contribution in [1.29, 1.82) is 0 Å². The number of nitrogens with one attached hydrogen (secondary N) is 1. The Bertz CT molecular complexity index is 650. The second-order valence-electron chi connectivity index (χ2n) is 3.97. The first kappa shape index (κ1) is 8.48. The molecular formula is C13H13N2+. The van der Waals surface area contributed by atoms with Crippen LogP contribution in [0, 0.1) is 6.92 Å². The minimum absolute atomic E-state index is 1.19. The molecule has 0 unspecified atom stereocenters. The van der Waals surface area contributed by atoms with Gasteiger partial charge >= 0.3 is 0 Å². The van der Waals surface area contributed by atoms with E-state index in [1.807, 2.05) is 0 Å². The molecule has 0 atom stereocenters. The summed E-state index contributed by atoms with van der Waals surface area (Å²) in [5.41, 5.74) is 3.65. The fraction of sp³-hybridized carbons (Fsp3) is 0.154. The lowest BCUT2D eigenvalue weighted by molar-refractivity contribution is -0.653. The van der Waals surface area contributed by atoms with E-state index in [-0.39, 0.29) is 0 Å². The second kappa shape index (κ2) is 2.83. The summed E-state index contributed by atoms with van der Waals surface area (Å²) in [7, 11) is 2.09. The Morgan fingerprint density at radius 3 is 2.67 bits per heavy atom. The van der Waals surface area contributed by atoms with Crippen LogP contribution in [0.5, 0.6) is 0 Å². The van der Waals surface area contributed by atoms with E-state index >= 15 is 0 Å². The predicted molar refractivity (Wildman–Crippen MR) is 61.7 cm³/mol. The molecule has 2 nitrogen and oxygen atoms in total. The van der Waals surface area contributed by atoms with E-state index in [2.05, 4.69) is 59.9 Å². The fourth-order valence-electron chi connectivity index (χ4n) is 2.07. The fourth-order valence-corrected chi connectivity index (χ4v) is 2.07. The number of hydrogen-bond acceptors (Lipinski definition) is 0. The average Bonchev–Trinajstić information content (AvgIpc) is 2.63. The SMILES string of the molecule is Cc1ccc2c3ccccc3[nH]c2[n+]1C. The first-order valence-electron chi connectivity index (χ1n) is 5.13. The first-order chi connectivity index (χ1) is 7.27. The van der Waals surface area contributed by atoms with Gasteiger partial charge in [0, 0.05) is 5.39 Å². The van der Waals surface area contributed by atoms with Crippen molar-refractivity contribution in [2.75, 3.05) is 0 Å². The monoisotopic (exact) mass is 197 g/mol. The molecule has 0 radical (unpaired) electrons. The van der Waals surface area contributed by atoms with Crippen molar-refractivity contribution in [2.24, 2.45) is 7.05 Å². The number of aryl methyl sites for hydroxylation is 2. The van der Waals surface area contributed by atoms with Crippen LogP contribution in [-0.2, 0) is 7.05 Å². The summed E-state index contributed by atoms with van der Waals surface area (Å²) < 4.78 is 2.19. The van der Waals surface area contributed by atoms with Crippen LogP contribution in [-0.4, -0.2) is 4.98 Å². The first-order valence-corrected chi connectivity index (χ1v) is 5.13. The van der Waals surface area contributed by atoms with Gasteiger partial charge in [-0.3, -0.25) is 0 Å². The minimum atomic E-state index is 1.19. The zero-order chi connectivity index (χ0) is 10.4. The van der Waals surface area contributed by atoms with Gasteiger partial charge in [0.25, 0.3) is 5.65 Å². The molecule has 0 saturated carbocycles. The van der Waals surface area contributed by atoms with E-state index < -0.39 is 0 Å². The van der Waals surface area contributed by atoms with Crippen molar-refractivity contribution in [2.45, 2.75) is 6.92 Å². The number of para-hydroxylation sites is 1. The molecular weight excluding hydrogens is 184 g/mol. The van der Waals surface area contributed by atoms with Gasteiger partial charge in [-0.05, 0) is 31.2 Å². The van der Waals surface area contributed by atoms with E-state index in [0.717, 1.165) is 0 Å². The minimum Gasteiger partial charge on any atom is -0.240 e. The summed E-state index contributed by atoms with van der Waals surface area (Å²) in [4.78, 5) is 3.45. The number of hydrogen-bond donors (Lipinski definition) is 1. The maximum Gasteiger partial charge on any atom is 0.287 e. The van der Waals surface area contributed by atoms with Crippen molar-refractivity contribution < 1.29 is 4.57 Å². The lowest BCUT2D eigenvalue weighted by Gasteiger charge is -1.96. The smallest absolute Gasteiger partial charge is 0.240 e. The average molecular weight is 197 g/mol. The van der Waals surface area contributed by atoms with Gasteiger partial charge in [0.15, 0.2) is 0 Å². The van der Waals surface area contributed by atoms with Crippen molar-refractivity contribution in [1.82, 2.24) is 4.98 Å². The van der Waals surface area contributed by atoms with Crippen LogP contribution >= 0.6 is 0 Å². The second-order valence-corrected chi connectivity index (χ2v) is 3.97. The summed E-state index contributed by atoms with van der Waals surface area (Å²) in [6.07, 6.45) is 0. The quantitative estimate of drug-likeness (QED) is 0.534. The van der Waals surface area contributed by atoms with Gasteiger partial charge in [-0.15, -0.1) is 0 Å². The van der Waals surface area contributed by atoms with E-state index in [0.29, 0.717) is 0 Å². The van der Waals surface area contributed by atoms with Crippen LogP contribution in [0.25, 0.3) is 21.9 Å². The lowest BCUT2D eigenvalue weighted by Crippen LogP contribution is -2.32. The molecule has 0 spiro atoms. The van der Waals surface area contributed by atoms with Gasteiger partial charge in [-0.2, -0.15) is 0 Å². The molecule has 0 saturated heterocycles. The van der Waals surface area contributed by atoms with Gasteiger partial charge in [0.1, 0.15) is 11.2 Å². The third-order valence-corrected chi connectivity index (χ3v) is 3.08. The highest BCUT2D eigenvalue weighted by molar-refractivity contribution is 6.04. The van der Waals surface area contributed by atoms with Crippen molar-refractivity contribution in [3.8, 4) is 0 Å². The van der Waals surface area contributed by atoms with Gasteiger partial charge in [0.05, 0.1) is 12.4 Å². The van der Waals surface area contributed by atoms with Crippen molar-refractivity contribution in [3.63, 3.8) is 0 Å². The Kier molecular flexibility index (Phi) is 1.60. The van der Waals surface area contributed by atoms with E-state index in [1.54, 1.807) is 0 Å². The highest BCUT2D eigenvalue weighted by atomic mass is 15.0. The maximum atomic E-state index is 3.45. The maximum absolute atomic E-state index is 3.45. The van der Waals surface area contributed by atoms with Crippen LogP contribution in [0.15, 0.2) is 36.4 Å². The molecule has 2 heterocycles. The molecule has 0 amide bonds. The number of H-pyrrole nitrogens is 1. The van der Waals surface area contributed by atoms with Crippen LogP contribution in [0.2, 0.25) is 0 Å². The Balaban J connectivity index is 2.60. The molecule has 1 N–H and O–H groups in total. The summed E-state index contributed by atoms with van der Waals surface area (Å²) >= 11 is 0. The lowest BCUT2D eigenvalue weighted by atomic mass is 10.2. The summed E-state index contributed by atoms with van der Waals surface area (Å²) in [6, 6.07) is 12.8. The molecule has 0 aliphatic rings. The van der Waals surface area contributed by atoms with Crippen LogP contribution in [0.4, 0.5) is 0 Å².